The SMILES string of the molecule is CCOC(=O)C[ClH+]. The predicted octanol–water partition coefficient (Wildman–Crippen LogP) is -0.169. The summed E-state index contributed by atoms with van der Waals surface area (Å²) in [5.74, 6) is -0.245. The average molecular weight is 124 g/mol. The van der Waals surface area contributed by atoms with Crippen LogP contribution in [0.1, 0.15) is 6.92 Å². The average Bonchev–Trinajstić information content (AvgIpc) is 1.68. The summed E-state index contributed by atoms with van der Waals surface area (Å²) >= 11 is 4.37. The number of rotatable bonds is 2. The smallest absolute Gasteiger partial charge is 0.366 e. The lowest BCUT2D eigenvalue weighted by atomic mass is 10.8. The van der Waals surface area contributed by atoms with Crippen LogP contribution >= 0.6 is 0 Å². The Labute approximate surface area is 47.4 Å². The molecular weight excluding hydrogens is 115 g/mol. The minimum atomic E-state index is -0.308. The third-order valence-corrected chi connectivity index (χ3v) is 0.659. The van der Waals surface area contributed by atoms with E-state index in [0.717, 1.165) is 0 Å². The van der Waals surface area contributed by atoms with Gasteiger partial charge < -0.3 is 4.74 Å². The van der Waals surface area contributed by atoms with Gasteiger partial charge in [-0.3, -0.25) is 0 Å². The molecule has 3 heteroatoms. The highest BCUT2D eigenvalue weighted by Gasteiger charge is 2.00. The van der Waals surface area contributed by atoms with Crippen molar-refractivity contribution in [2.75, 3.05) is 12.5 Å². The van der Waals surface area contributed by atoms with E-state index < -0.39 is 0 Å². The molecule has 0 fully saturated rings. The second-order valence-corrected chi connectivity index (χ2v) is 1.24. The maximum Gasteiger partial charge on any atom is 0.366 e. The monoisotopic (exact) mass is 123 g/mol. The van der Waals surface area contributed by atoms with E-state index in [9.17, 15) is 4.79 Å². The van der Waals surface area contributed by atoms with Crippen molar-refractivity contribution in [2.45, 2.75) is 6.92 Å². The molecule has 0 heterocycles. The molecule has 0 amide bonds. The molecule has 0 saturated heterocycles. The van der Waals surface area contributed by atoms with Crippen LogP contribution in [-0.4, -0.2) is 18.5 Å². The van der Waals surface area contributed by atoms with Crippen LogP contribution in [0.15, 0.2) is 0 Å². The van der Waals surface area contributed by atoms with Crippen molar-refractivity contribution in [1.82, 2.24) is 0 Å². The molecule has 0 aliphatic rings. The lowest BCUT2D eigenvalue weighted by molar-refractivity contribution is -0.359. The van der Waals surface area contributed by atoms with Gasteiger partial charge in [-0.2, -0.15) is 0 Å². The molecule has 0 aliphatic heterocycles. The zero-order valence-electron chi connectivity index (χ0n) is 4.14. The first kappa shape index (κ1) is 6.76. The molecule has 0 aliphatic carbocycles. The fourth-order valence-corrected chi connectivity index (χ4v) is 0.286. The number of carbonyl (C=O) groups excluding carboxylic acids is 1. The van der Waals surface area contributed by atoms with Crippen LogP contribution in [0, 0.1) is 11.6 Å². The van der Waals surface area contributed by atoms with Crippen molar-refractivity contribution >= 4 is 5.97 Å². The van der Waals surface area contributed by atoms with Gasteiger partial charge in [-0.25, -0.2) is 4.79 Å². The van der Waals surface area contributed by atoms with Gasteiger partial charge >= 0.3 is 5.97 Å². The van der Waals surface area contributed by atoms with Gasteiger partial charge in [0, 0.05) is 0 Å². The van der Waals surface area contributed by atoms with Crippen LogP contribution in [0.25, 0.3) is 0 Å². The minimum Gasteiger partial charge on any atom is -0.462 e. The Morgan fingerprint density at radius 3 is 2.57 bits per heavy atom. The summed E-state index contributed by atoms with van der Waals surface area (Å²) in [5, 5.41) is 0. The molecule has 0 aromatic heterocycles. The van der Waals surface area contributed by atoms with Gasteiger partial charge in [0.25, 0.3) is 5.88 Å². The first-order chi connectivity index (χ1) is 3.31. The maximum absolute atomic E-state index is 10.1. The van der Waals surface area contributed by atoms with Crippen LogP contribution < -0.4 is 0 Å². The molecule has 2 nitrogen and oxygen atoms in total. The highest BCUT2D eigenvalue weighted by Crippen LogP contribution is 1.72. The number of alkyl halides is 1. The molecule has 42 valence electrons. The second-order valence-electron chi connectivity index (χ2n) is 0.949. The van der Waals surface area contributed by atoms with Gasteiger partial charge in [0.1, 0.15) is 11.6 Å². The number of esters is 1. The third kappa shape index (κ3) is 3.59. The summed E-state index contributed by atoms with van der Waals surface area (Å²) in [6.07, 6.45) is 0. The molecule has 0 bridgehead atoms. The number of ether oxygens (including phenoxy) is 1. The van der Waals surface area contributed by atoms with E-state index in [1.165, 1.54) is 0 Å². The topological polar surface area (TPSA) is 26.3 Å². The van der Waals surface area contributed by atoms with Gasteiger partial charge in [-0.1, -0.05) is 0 Å². The van der Waals surface area contributed by atoms with Gasteiger partial charge in [0.15, 0.2) is 0 Å². The van der Waals surface area contributed by atoms with E-state index in [1.807, 2.05) is 0 Å². The number of hydrogen-bond donors (Lipinski definition) is 0. The Morgan fingerprint density at radius 1 is 1.86 bits per heavy atom. The van der Waals surface area contributed by atoms with Crippen molar-refractivity contribution < 1.29 is 21.1 Å². The number of halogens is 1. The molecule has 0 rings (SSSR count). The van der Waals surface area contributed by atoms with E-state index in [2.05, 4.69) is 16.3 Å². The third-order valence-electron chi connectivity index (χ3n) is 0.423. The molecule has 0 aromatic rings. The van der Waals surface area contributed by atoms with E-state index in [0.29, 0.717) is 6.61 Å². The Morgan fingerprint density at radius 2 is 2.43 bits per heavy atom. The van der Waals surface area contributed by atoms with Crippen molar-refractivity contribution in [3.8, 4) is 0 Å². The summed E-state index contributed by atoms with van der Waals surface area (Å²) in [5.41, 5.74) is 0. The van der Waals surface area contributed by atoms with Gasteiger partial charge in [0.2, 0.25) is 0 Å². The summed E-state index contributed by atoms with van der Waals surface area (Å²) < 4.78 is 4.45. The lowest BCUT2D eigenvalue weighted by Crippen LogP contribution is -2.06. The summed E-state index contributed by atoms with van der Waals surface area (Å²) in [6.45, 7) is 2.18. The Bertz CT molecular complexity index is 62.7. The minimum absolute atomic E-state index is 0.0633. The second kappa shape index (κ2) is 3.93. The number of carbonyl (C=O) groups is 1. The van der Waals surface area contributed by atoms with Gasteiger partial charge in [-0.15, -0.1) is 0 Å². The fraction of sp³-hybridized carbons (Fsp3) is 0.750. The fourth-order valence-electron chi connectivity index (χ4n) is 0.203. The van der Waals surface area contributed by atoms with Crippen molar-refractivity contribution in [3.63, 3.8) is 0 Å². The van der Waals surface area contributed by atoms with Crippen molar-refractivity contribution in [3.05, 3.63) is 0 Å². The van der Waals surface area contributed by atoms with E-state index in [-0.39, 0.29) is 11.8 Å². The molecule has 7 heavy (non-hydrogen) atoms. The van der Waals surface area contributed by atoms with Gasteiger partial charge in [-0.05, 0) is 6.92 Å². The quantitative estimate of drug-likeness (QED) is 0.377. The molecule has 0 N–H and O–H groups in total. The summed E-state index contributed by atoms with van der Waals surface area (Å²) in [6, 6.07) is 0. The standard InChI is InChI=1S/C4H8ClO2/c1-2-7-4(6)3-5/h5H,2-3H2,1H3/q+1. The maximum atomic E-state index is 10.1. The first-order valence-corrected chi connectivity index (χ1v) is 2.62. The lowest BCUT2D eigenvalue weighted by Gasteiger charge is -1.89. The Hall–Kier alpha value is -0.240. The largest absolute Gasteiger partial charge is 0.462 e. The molecule has 0 unspecified atom stereocenters. The normalized spacial score (nSPS) is 8.29. The van der Waals surface area contributed by atoms with E-state index in [1.54, 1.807) is 6.92 Å². The van der Waals surface area contributed by atoms with Crippen LogP contribution in [-0.2, 0) is 9.53 Å². The zero-order valence-corrected chi connectivity index (χ0v) is 4.96. The van der Waals surface area contributed by atoms with Crippen molar-refractivity contribution in [2.24, 2.45) is 0 Å². The Kier molecular flexibility index (Phi) is 3.80. The highest BCUT2D eigenvalue weighted by atomic mass is 35.5. The van der Waals surface area contributed by atoms with Crippen LogP contribution in [0.4, 0.5) is 0 Å². The summed E-state index contributed by atoms with van der Waals surface area (Å²) in [7, 11) is 0. The Balaban J connectivity index is 3.00. The molecule has 0 radical (unpaired) electrons. The van der Waals surface area contributed by atoms with Gasteiger partial charge in [0.05, 0.1) is 6.61 Å². The van der Waals surface area contributed by atoms with Crippen molar-refractivity contribution in [1.29, 1.82) is 0 Å². The number of hydrogen-bond acceptors (Lipinski definition) is 2. The highest BCUT2D eigenvalue weighted by molar-refractivity contribution is 5.69. The van der Waals surface area contributed by atoms with Crippen LogP contribution in [0.2, 0.25) is 0 Å². The van der Waals surface area contributed by atoms with E-state index in [4.69, 9.17) is 0 Å². The molecule has 0 saturated carbocycles. The summed E-state index contributed by atoms with van der Waals surface area (Å²) in [4.78, 5) is 10.1. The molecular formula is C4H8ClO2+. The molecule has 0 spiro atoms. The zero-order chi connectivity index (χ0) is 5.70. The van der Waals surface area contributed by atoms with Crippen LogP contribution in [0.3, 0.4) is 0 Å². The molecule has 0 aromatic carbocycles. The van der Waals surface area contributed by atoms with E-state index >= 15 is 0 Å². The first-order valence-electron chi connectivity index (χ1n) is 2.05. The predicted molar refractivity (Wildman–Crippen MR) is 22.9 cm³/mol. The molecule has 0 atom stereocenters. The van der Waals surface area contributed by atoms with Crippen LogP contribution in [0.5, 0.6) is 0 Å².